The molecule has 3 aromatic carbocycles. The second kappa shape index (κ2) is 14.4. The van der Waals surface area contributed by atoms with Crippen LogP contribution in [0.1, 0.15) is 82.7 Å². The van der Waals surface area contributed by atoms with E-state index in [2.05, 4.69) is 75.4 Å². The van der Waals surface area contributed by atoms with Crippen molar-refractivity contribution < 1.29 is 0 Å². The standard InChI is InChI=1S/C18H18.3C2H6.2CH4/c1-18(2,3)15-11-10-14-9-8-13-6-4-5-7-16(13)17(14)12-15;3*1-2;;/h4-12H,1-3H3;3*1-2H3;2*1H4. The van der Waals surface area contributed by atoms with E-state index in [1.807, 2.05) is 41.5 Å². The zero-order valence-electron chi connectivity index (χ0n) is 17.2. The Morgan fingerprint density at radius 1 is 0.538 bits per heavy atom. The van der Waals surface area contributed by atoms with Crippen LogP contribution in [0, 0.1) is 0 Å². The molecule has 0 spiro atoms. The maximum Gasteiger partial charge on any atom is -0.0102 e. The number of benzene rings is 3. The van der Waals surface area contributed by atoms with Crippen molar-refractivity contribution in [3.63, 3.8) is 0 Å². The first-order valence-electron chi connectivity index (χ1n) is 9.48. The molecule has 0 aromatic heterocycles. The van der Waals surface area contributed by atoms with Gasteiger partial charge in [-0.1, -0.05) is 132 Å². The first-order valence-corrected chi connectivity index (χ1v) is 9.48. The third-order valence-electron chi connectivity index (χ3n) is 3.61. The number of hydrogen-bond donors (Lipinski definition) is 0. The fourth-order valence-electron chi connectivity index (χ4n) is 2.47. The Morgan fingerprint density at radius 2 is 0.962 bits per heavy atom. The smallest absolute Gasteiger partial charge is 0.0102 e. The van der Waals surface area contributed by atoms with E-state index in [1.165, 1.54) is 27.1 Å². The monoisotopic (exact) mass is 356 g/mol. The Kier molecular flexibility index (Phi) is 16.0. The molecule has 0 N–H and O–H groups in total. The highest BCUT2D eigenvalue weighted by Crippen LogP contribution is 2.30. The number of rotatable bonds is 0. The highest BCUT2D eigenvalue weighted by Gasteiger charge is 2.14. The van der Waals surface area contributed by atoms with Crippen LogP contribution in [0.25, 0.3) is 21.5 Å². The first-order chi connectivity index (χ1) is 11.6. The summed E-state index contributed by atoms with van der Waals surface area (Å²) in [6.07, 6.45) is 0. The summed E-state index contributed by atoms with van der Waals surface area (Å²) in [4.78, 5) is 0. The third kappa shape index (κ3) is 7.20. The molecule has 0 atom stereocenters. The number of hydrogen-bond acceptors (Lipinski definition) is 0. The quantitative estimate of drug-likeness (QED) is 0.352. The Morgan fingerprint density at radius 3 is 1.46 bits per heavy atom. The van der Waals surface area contributed by atoms with E-state index >= 15 is 0 Å². The zero-order valence-corrected chi connectivity index (χ0v) is 17.2. The molecule has 0 bridgehead atoms. The van der Waals surface area contributed by atoms with Crippen LogP contribution in [0.15, 0.2) is 54.6 Å². The van der Waals surface area contributed by atoms with Gasteiger partial charge in [-0.2, -0.15) is 0 Å². The van der Waals surface area contributed by atoms with Crippen LogP contribution in [-0.2, 0) is 5.41 Å². The van der Waals surface area contributed by atoms with E-state index in [-0.39, 0.29) is 20.3 Å². The van der Waals surface area contributed by atoms with E-state index in [0.717, 1.165) is 0 Å². The van der Waals surface area contributed by atoms with E-state index in [0.29, 0.717) is 0 Å². The minimum absolute atomic E-state index is 0. The molecule has 0 saturated heterocycles. The molecule has 0 nitrogen and oxygen atoms in total. The van der Waals surface area contributed by atoms with Gasteiger partial charge >= 0.3 is 0 Å². The van der Waals surface area contributed by atoms with Gasteiger partial charge < -0.3 is 0 Å². The van der Waals surface area contributed by atoms with Crippen LogP contribution in [0.4, 0.5) is 0 Å². The van der Waals surface area contributed by atoms with Crippen LogP contribution < -0.4 is 0 Å². The minimum atomic E-state index is 0. The second-order valence-electron chi connectivity index (χ2n) is 5.97. The van der Waals surface area contributed by atoms with Crippen LogP contribution >= 0.6 is 0 Å². The van der Waals surface area contributed by atoms with Crippen molar-refractivity contribution in [3.05, 3.63) is 60.2 Å². The van der Waals surface area contributed by atoms with Gasteiger partial charge in [-0.05, 0) is 32.5 Å². The lowest BCUT2D eigenvalue weighted by molar-refractivity contribution is 0.591. The molecule has 0 aliphatic rings. The molecule has 0 saturated carbocycles. The van der Waals surface area contributed by atoms with Gasteiger partial charge in [0.05, 0.1) is 0 Å². The maximum absolute atomic E-state index is 2.34. The van der Waals surface area contributed by atoms with E-state index < -0.39 is 0 Å². The normalized spacial score (nSPS) is 9.12. The minimum Gasteiger partial charge on any atom is -0.0776 e. The Bertz CT molecular complexity index is 715. The van der Waals surface area contributed by atoms with Crippen molar-refractivity contribution in [2.75, 3.05) is 0 Å². The zero-order chi connectivity index (χ0) is 18.8. The van der Waals surface area contributed by atoms with Crippen LogP contribution in [0.3, 0.4) is 0 Å². The summed E-state index contributed by atoms with van der Waals surface area (Å²) in [5.74, 6) is 0. The predicted molar refractivity (Wildman–Crippen MR) is 128 cm³/mol. The lowest BCUT2D eigenvalue weighted by Crippen LogP contribution is -2.10. The highest BCUT2D eigenvalue weighted by molar-refractivity contribution is 6.07. The Hall–Kier alpha value is -1.82. The molecule has 3 rings (SSSR count). The molecule has 0 aliphatic heterocycles. The lowest BCUT2D eigenvalue weighted by atomic mass is 9.85. The molecule has 0 aliphatic carbocycles. The van der Waals surface area contributed by atoms with Gasteiger partial charge in [0, 0.05) is 0 Å². The summed E-state index contributed by atoms with van der Waals surface area (Å²) in [7, 11) is 0. The van der Waals surface area contributed by atoms with Crippen LogP contribution in [0.5, 0.6) is 0 Å². The lowest BCUT2D eigenvalue weighted by Gasteiger charge is -2.19. The van der Waals surface area contributed by atoms with Crippen LogP contribution in [0.2, 0.25) is 0 Å². The van der Waals surface area contributed by atoms with E-state index in [4.69, 9.17) is 0 Å². The summed E-state index contributed by atoms with van der Waals surface area (Å²) in [5.41, 5.74) is 1.59. The van der Waals surface area contributed by atoms with Gasteiger partial charge in [0.1, 0.15) is 0 Å². The molecule has 26 heavy (non-hydrogen) atoms. The van der Waals surface area contributed by atoms with Crippen molar-refractivity contribution in [2.24, 2.45) is 0 Å². The van der Waals surface area contributed by atoms with E-state index in [9.17, 15) is 0 Å². The maximum atomic E-state index is 2.34. The number of fused-ring (bicyclic) bond motifs is 3. The summed E-state index contributed by atoms with van der Waals surface area (Å²) in [6, 6.07) is 19.9. The molecule has 0 unspecified atom stereocenters. The van der Waals surface area contributed by atoms with Crippen molar-refractivity contribution in [1.29, 1.82) is 0 Å². The van der Waals surface area contributed by atoms with Gasteiger partial charge in [0.25, 0.3) is 0 Å². The largest absolute Gasteiger partial charge is 0.0776 e. The summed E-state index contributed by atoms with van der Waals surface area (Å²) >= 11 is 0. The second-order valence-corrected chi connectivity index (χ2v) is 5.97. The van der Waals surface area contributed by atoms with Crippen molar-refractivity contribution >= 4 is 21.5 Å². The van der Waals surface area contributed by atoms with Crippen molar-refractivity contribution in [3.8, 4) is 0 Å². The molecule has 0 amide bonds. The molecule has 148 valence electrons. The SMILES string of the molecule is C.C.CC.CC.CC.CC(C)(C)c1ccc2ccc3ccccc3c2c1. The average Bonchev–Trinajstić information content (AvgIpc) is 2.65. The van der Waals surface area contributed by atoms with Gasteiger partial charge in [0.2, 0.25) is 0 Å². The average molecular weight is 357 g/mol. The molecule has 3 aromatic rings. The molecule has 0 fully saturated rings. The van der Waals surface area contributed by atoms with Gasteiger partial charge in [-0.15, -0.1) is 0 Å². The molecular weight excluding hydrogens is 312 g/mol. The Labute approximate surface area is 164 Å². The van der Waals surface area contributed by atoms with Crippen molar-refractivity contribution in [1.82, 2.24) is 0 Å². The fourth-order valence-corrected chi connectivity index (χ4v) is 2.47. The molecule has 0 radical (unpaired) electrons. The van der Waals surface area contributed by atoms with E-state index in [1.54, 1.807) is 0 Å². The summed E-state index contributed by atoms with van der Waals surface area (Å²) in [6.45, 7) is 18.8. The fraction of sp³-hybridized carbons (Fsp3) is 0.462. The predicted octanol–water partition coefficient (Wildman–Crippen LogP) is 9.64. The van der Waals surface area contributed by atoms with Gasteiger partial charge in [-0.25, -0.2) is 0 Å². The molecule has 0 heteroatoms. The first kappa shape index (κ1) is 29.0. The van der Waals surface area contributed by atoms with Gasteiger partial charge in [-0.3, -0.25) is 0 Å². The summed E-state index contributed by atoms with van der Waals surface area (Å²) in [5, 5.41) is 5.35. The topological polar surface area (TPSA) is 0 Å². The molecular formula is C26H44. The van der Waals surface area contributed by atoms with Crippen molar-refractivity contribution in [2.45, 2.75) is 82.6 Å². The molecule has 0 heterocycles. The van der Waals surface area contributed by atoms with Crippen LogP contribution in [-0.4, -0.2) is 0 Å². The summed E-state index contributed by atoms with van der Waals surface area (Å²) < 4.78 is 0. The van der Waals surface area contributed by atoms with Gasteiger partial charge in [0.15, 0.2) is 0 Å². The Balaban J connectivity index is -0.000000604. The highest BCUT2D eigenvalue weighted by atomic mass is 14.2. The third-order valence-corrected chi connectivity index (χ3v) is 3.61.